The van der Waals surface area contributed by atoms with Crippen LogP contribution in [0.5, 0.6) is 0 Å². The van der Waals surface area contributed by atoms with Gasteiger partial charge in [0.15, 0.2) is 5.69 Å². The molecule has 4 aromatic rings. The summed E-state index contributed by atoms with van der Waals surface area (Å²) in [4.78, 5) is 22.5. The van der Waals surface area contributed by atoms with Crippen LogP contribution in [0.1, 0.15) is 34.6 Å². The molecule has 1 saturated heterocycles. The zero-order chi connectivity index (χ0) is 26.2. The molecule has 5 rings (SSSR count). The van der Waals surface area contributed by atoms with E-state index in [4.69, 9.17) is 0 Å². The van der Waals surface area contributed by atoms with Gasteiger partial charge in [0.25, 0.3) is 11.8 Å². The molecule has 37 heavy (non-hydrogen) atoms. The first-order valence-electron chi connectivity index (χ1n) is 11.5. The number of aromatic nitrogens is 4. The van der Waals surface area contributed by atoms with Gasteiger partial charge in [-0.25, -0.2) is 13.8 Å². The molecule has 1 aliphatic heterocycles. The molecule has 2 N–H and O–H groups in total. The van der Waals surface area contributed by atoms with Gasteiger partial charge in [-0.15, -0.1) is 0 Å². The Morgan fingerprint density at radius 3 is 2.59 bits per heavy atom. The van der Waals surface area contributed by atoms with E-state index in [1.807, 2.05) is 17.0 Å². The van der Waals surface area contributed by atoms with Crippen molar-refractivity contribution < 1.29 is 26.7 Å². The van der Waals surface area contributed by atoms with Crippen LogP contribution in [0, 0.1) is 0 Å². The molecule has 192 valence electrons. The molecule has 0 bridgehead atoms. The van der Waals surface area contributed by atoms with Crippen LogP contribution in [0.3, 0.4) is 0 Å². The summed E-state index contributed by atoms with van der Waals surface area (Å²) in [7, 11) is 0. The number of alkyl halides is 5. The summed E-state index contributed by atoms with van der Waals surface area (Å²) < 4.78 is 65.8. The number of benzene rings is 1. The Kier molecular flexibility index (Phi) is 6.36. The number of likely N-dealkylation sites (tertiary alicyclic amines) is 1. The normalized spacial score (nSPS) is 16.1. The minimum atomic E-state index is -4.64. The topological polar surface area (TPSA) is 86.8 Å². The number of rotatable bonds is 5. The SMILES string of the molecule is O=C(Nc1cccc(C(F)(F)F)n1)c1n[nH]c2ccc(-c3cncc(CN4CCC(F)(F)CC4)c3)cc12. The van der Waals surface area contributed by atoms with E-state index in [0.29, 0.717) is 30.5 Å². The van der Waals surface area contributed by atoms with E-state index in [0.717, 1.165) is 28.8 Å². The van der Waals surface area contributed by atoms with Crippen molar-refractivity contribution in [1.82, 2.24) is 25.1 Å². The summed E-state index contributed by atoms with van der Waals surface area (Å²) in [5.74, 6) is -3.58. The van der Waals surface area contributed by atoms with E-state index in [1.165, 1.54) is 6.07 Å². The van der Waals surface area contributed by atoms with Gasteiger partial charge < -0.3 is 5.32 Å². The van der Waals surface area contributed by atoms with Crippen LogP contribution in [0.25, 0.3) is 22.0 Å². The number of H-pyrrole nitrogens is 1. The molecule has 1 aromatic carbocycles. The molecule has 7 nitrogen and oxygen atoms in total. The van der Waals surface area contributed by atoms with E-state index in [9.17, 15) is 26.7 Å². The number of nitrogens with one attached hydrogen (secondary N) is 2. The summed E-state index contributed by atoms with van der Waals surface area (Å²) in [5.41, 5.74) is 1.79. The van der Waals surface area contributed by atoms with E-state index in [1.54, 1.807) is 24.5 Å². The van der Waals surface area contributed by atoms with E-state index in [2.05, 4.69) is 25.5 Å². The third-order valence-corrected chi connectivity index (χ3v) is 6.18. The Morgan fingerprint density at radius 1 is 1.05 bits per heavy atom. The second-order valence-corrected chi connectivity index (χ2v) is 8.91. The van der Waals surface area contributed by atoms with Crippen molar-refractivity contribution in [2.75, 3.05) is 18.4 Å². The molecule has 1 aliphatic rings. The summed E-state index contributed by atoms with van der Waals surface area (Å²) >= 11 is 0. The number of nitrogens with zero attached hydrogens (tertiary/aromatic N) is 4. The molecule has 0 radical (unpaired) electrons. The van der Waals surface area contributed by atoms with Crippen LogP contribution in [-0.2, 0) is 12.7 Å². The second kappa shape index (κ2) is 9.51. The number of anilines is 1. The van der Waals surface area contributed by atoms with Crippen molar-refractivity contribution in [3.8, 4) is 11.1 Å². The summed E-state index contributed by atoms with van der Waals surface area (Å²) in [6.07, 6.45) is -1.64. The fourth-order valence-corrected chi connectivity index (χ4v) is 4.23. The molecule has 3 aromatic heterocycles. The van der Waals surface area contributed by atoms with Crippen molar-refractivity contribution in [3.63, 3.8) is 0 Å². The molecule has 4 heterocycles. The zero-order valence-corrected chi connectivity index (χ0v) is 19.3. The fourth-order valence-electron chi connectivity index (χ4n) is 4.23. The zero-order valence-electron chi connectivity index (χ0n) is 19.3. The quantitative estimate of drug-likeness (QED) is 0.341. The molecule has 1 amide bonds. The summed E-state index contributed by atoms with van der Waals surface area (Å²) in [6, 6.07) is 10.4. The highest BCUT2D eigenvalue weighted by molar-refractivity contribution is 6.11. The number of fused-ring (bicyclic) bond motifs is 1. The van der Waals surface area contributed by atoms with Crippen LogP contribution in [0.15, 0.2) is 54.9 Å². The van der Waals surface area contributed by atoms with Crippen LogP contribution in [0.4, 0.5) is 27.8 Å². The first-order chi connectivity index (χ1) is 17.6. The average molecular weight is 516 g/mol. The lowest BCUT2D eigenvalue weighted by atomic mass is 10.0. The molecule has 0 unspecified atom stereocenters. The van der Waals surface area contributed by atoms with Gasteiger partial charge >= 0.3 is 6.18 Å². The number of aromatic amines is 1. The Bertz CT molecular complexity index is 1440. The first kappa shape index (κ1) is 24.8. The summed E-state index contributed by atoms with van der Waals surface area (Å²) in [6.45, 7) is 1.09. The number of piperidine rings is 1. The molecule has 0 aliphatic carbocycles. The minimum absolute atomic E-state index is 0.00517. The molecular formula is C25H21F5N6O. The molecule has 12 heteroatoms. The largest absolute Gasteiger partial charge is 0.433 e. The van der Waals surface area contributed by atoms with E-state index < -0.39 is 23.7 Å². The van der Waals surface area contributed by atoms with Gasteiger partial charge in [-0.2, -0.15) is 18.3 Å². The van der Waals surface area contributed by atoms with Gasteiger partial charge in [-0.1, -0.05) is 12.1 Å². The number of hydrogen-bond donors (Lipinski definition) is 2. The highest BCUT2D eigenvalue weighted by atomic mass is 19.4. The molecule has 1 fully saturated rings. The lowest BCUT2D eigenvalue weighted by Gasteiger charge is -2.31. The number of carbonyl (C=O) groups excluding carboxylic acids is 1. The summed E-state index contributed by atoms with van der Waals surface area (Å²) in [5, 5.41) is 9.61. The van der Waals surface area contributed by atoms with Crippen molar-refractivity contribution >= 4 is 22.6 Å². The monoisotopic (exact) mass is 516 g/mol. The fraction of sp³-hybridized carbons (Fsp3) is 0.280. The van der Waals surface area contributed by atoms with Gasteiger partial charge in [0, 0.05) is 55.8 Å². The lowest BCUT2D eigenvalue weighted by Crippen LogP contribution is -2.38. The third kappa shape index (κ3) is 5.58. The van der Waals surface area contributed by atoms with Crippen molar-refractivity contribution in [3.05, 3.63) is 71.8 Å². The van der Waals surface area contributed by atoms with Gasteiger partial charge in [0.2, 0.25) is 0 Å². The van der Waals surface area contributed by atoms with Crippen LogP contribution in [0.2, 0.25) is 0 Å². The smallest absolute Gasteiger partial charge is 0.305 e. The maximum absolute atomic E-state index is 13.5. The number of hydrogen-bond acceptors (Lipinski definition) is 5. The Balaban J connectivity index is 1.36. The van der Waals surface area contributed by atoms with Crippen molar-refractivity contribution in [1.29, 1.82) is 0 Å². The van der Waals surface area contributed by atoms with E-state index in [-0.39, 0.29) is 24.4 Å². The Morgan fingerprint density at radius 2 is 1.84 bits per heavy atom. The maximum Gasteiger partial charge on any atom is 0.433 e. The van der Waals surface area contributed by atoms with Gasteiger partial charge in [0.1, 0.15) is 11.5 Å². The highest BCUT2D eigenvalue weighted by Crippen LogP contribution is 2.30. The predicted molar refractivity (Wildman–Crippen MR) is 126 cm³/mol. The van der Waals surface area contributed by atoms with Crippen LogP contribution < -0.4 is 5.32 Å². The number of amides is 1. The first-order valence-corrected chi connectivity index (χ1v) is 11.5. The standard InChI is InChI=1S/C25H21F5N6O/c26-24(27)6-8-36(9-7-24)14-15-10-17(13-31-12-15)16-4-5-19-18(11-16)22(35-34-19)23(37)33-21-3-1-2-20(32-21)25(28,29)30/h1-5,10-13H,6-9,14H2,(H,34,35)(H,32,33,37). The highest BCUT2D eigenvalue weighted by Gasteiger charge is 2.34. The molecule has 0 atom stereocenters. The van der Waals surface area contributed by atoms with Gasteiger partial charge in [-0.3, -0.25) is 19.8 Å². The van der Waals surface area contributed by atoms with E-state index >= 15 is 0 Å². The Hall–Kier alpha value is -3.93. The second-order valence-electron chi connectivity index (χ2n) is 8.91. The average Bonchev–Trinajstić information content (AvgIpc) is 3.29. The van der Waals surface area contributed by atoms with Crippen LogP contribution >= 0.6 is 0 Å². The number of pyridine rings is 2. The molecule has 0 saturated carbocycles. The van der Waals surface area contributed by atoms with Crippen molar-refractivity contribution in [2.24, 2.45) is 0 Å². The predicted octanol–water partition coefficient (Wildman–Crippen LogP) is 5.52. The van der Waals surface area contributed by atoms with Gasteiger partial charge in [-0.05, 0) is 41.5 Å². The third-order valence-electron chi connectivity index (χ3n) is 6.18. The number of halogens is 5. The lowest BCUT2D eigenvalue weighted by molar-refractivity contribution is -0.141. The number of carbonyl (C=O) groups is 1. The van der Waals surface area contributed by atoms with Gasteiger partial charge in [0.05, 0.1) is 5.52 Å². The Labute approximate surface area is 207 Å². The van der Waals surface area contributed by atoms with Crippen LogP contribution in [-0.4, -0.2) is 50.0 Å². The minimum Gasteiger partial charge on any atom is -0.305 e. The van der Waals surface area contributed by atoms with Crippen molar-refractivity contribution in [2.45, 2.75) is 31.5 Å². The molecular weight excluding hydrogens is 495 g/mol. The maximum atomic E-state index is 13.5. The molecule has 0 spiro atoms.